The number of amides is 1. The highest BCUT2D eigenvalue weighted by Gasteiger charge is 2.33. The average molecular weight is 428 g/mol. The molecule has 2 nitrogen and oxygen atoms in total. The fraction of sp³-hybridized carbons (Fsp3) is 0.278. The summed E-state index contributed by atoms with van der Waals surface area (Å²) in [5, 5.41) is 3.62. The molecule has 116 valence electrons. The van der Waals surface area contributed by atoms with Gasteiger partial charge in [0.1, 0.15) is 0 Å². The molecule has 4 heteroatoms. The van der Waals surface area contributed by atoms with Crippen LogP contribution in [0.2, 0.25) is 5.02 Å². The van der Waals surface area contributed by atoms with Gasteiger partial charge in [0.2, 0.25) is 6.41 Å². The number of benzene rings is 2. The Morgan fingerprint density at radius 3 is 2.27 bits per heavy atom. The minimum Gasteiger partial charge on any atom is -0.357 e. The predicted molar refractivity (Wildman–Crippen MR) is 101 cm³/mol. The minimum absolute atomic E-state index is 0.224. The number of carbonyl (C=O) groups is 1. The van der Waals surface area contributed by atoms with Gasteiger partial charge < -0.3 is 5.32 Å². The molecule has 2 rings (SSSR count). The highest BCUT2D eigenvalue weighted by molar-refractivity contribution is 14.1. The summed E-state index contributed by atoms with van der Waals surface area (Å²) >= 11 is 8.44. The van der Waals surface area contributed by atoms with Gasteiger partial charge in [-0.25, -0.2) is 0 Å². The zero-order valence-corrected chi connectivity index (χ0v) is 15.2. The average Bonchev–Trinajstić information content (AvgIpc) is 2.57. The van der Waals surface area contributed by atoms with Crippen molar-refractivity contribution < 1.29 is 4.79 Å². The Morgan fingerprint density at radius 1 is 1.05 bits per heavy atom. The first kappa shape index (κ1) is 17.3. The van der Waals surface area contributed by atoms with Gasteiger partial charge in [-0.2, -0.15) is 0 Å². The standard InChI is InChI=1S/C18H19ClINO/c19-17-9-7-16(8-10-17)18(11-4-12-20,13-21-14-22)15-5-2-1-3-6-15/h1-3,5-10,14H,4,11-13H2,(H,21,22). The summed E-state index contributed by atoms with van der Waals surface area (Å²) in [6, 6.07) is 18.3. The van der Waals surface area contributed by atoms with Crippen LogP contribution in [0.4, 0.5) is 0 Å². The van der Waals surface area contributed by atoms with Crippen molar-refractivity contribution >= 4 is 40.6 Å². The van der Waals surface area contributed by atoms with Crippen molar-refractivity contribution in [2.75, 3.05) is 11.0 Å². The molecule has 1 N–H and O–H groups in total. The maximum absolute atomic E-state index is 10.9. The molecular weight excluding hydrogens is 409 g/mol. The number of rotatable bonds is 8. The molecule has 0 aromatic heterocycles. The minimum atomic E-state index is -0.224. The van der Waals surface area contributed by atoms with Crippen LogP contribution in [0, 0.1) is 0 Å². The molecule has 22 heavy (non-hydrogen) atoms. The van der Waals surface area contributed by atoms with Crippen LogP contribution in [0.15, 0.2) is 54.6 Å². The van der Waals surface area contributed by atoms with Crippen molar-refractivity contribution in [1.82, 2.24) is 5.32 Å². The maximum Gasteiger partial charge on any atom is 0.207 e. The van der Waals surface area contributed by atoms with Crippen LogP contribution >= 0.6 is 34.2 Å². The van der Waals surface area contributed by atoms with Crippen molar-refractivity contribution in [2.45, 2.75) is 18.3 Å². The van der Waals surface area contributed by atoms with Crippen molar-refractivity contribution in [3.8, 4) is 0 Å². The largest absolute Gasteiger partial charge is 0.357 e. The molecule has 1 atom stereocenters. The Morgan fingerprint density at radius 2 is 1.68 bits per heavy atom. The third kappa shape index (κ3) is 4.02. The van der Waals surface area contributed by atoms with Crippen LogP contribution in [0.25, 0.3) is 0 Å². The number of halogens is 2. The number of nitrogens with one attached hydrogen (secondary N) is 1. The van der Waals surface area contributed by atoms with Gasteiger partial charge >= 0.3 is 0 Å². The molecule has 0 aliphatic carbocycles. The van der Waals surface area contributed by atoms with E-state index < -0.39 is 0 Å². The summed E-state index contributed by atoms with van der Waals surface area (Å²) in [4.78, 5) is 10.9. The van der Waals surface area contributed by atoms with E-state index in [0.717, 1.165) is 28.7 Å². The Bertz CT molecular complexity index is 588. The van der Waals surface area contributed by atoms with Gasteiger partial charge in [0.15, 0.2) is 0 Å². The Labute approximate surface area is 150 Å². The van der Waals surface area contributed by atoms with Crippen LogP contribution in [0.3, 0.4) is 0 Å². The summed E-state index contributed by atoms with van der Waals surface area (Å²) in [6.07, 6.45) is 2.83. The quantitative estimate of drug-likeness (QED) is 0.373. The number of alkyl halides is 1. The Kier molecular flexibility index (Phi) is 6.70. The molecule has 0 saturated carbocycles. The molecule has 2 aromatic carbocycles. The molecule has 2 aromatic rings. The van der Waals surface area contributed by atoms with Gasteiger partial charge in [-0.05, 0) is 40.5 Å². The molecule has 0 fully saturated rings. The van der Waals surface area contributed by atoms with E-state index in [0.29, 0.717) is 6.54 Å². The second-order valence-electron chi connectivity index (χ2n) is 5.25. The first-order valence-electron chi connectivity index (χ1n) is 7.27. The van der Waals surface area contributed by atoms with Crippen molar-refractivity contribution in [2.24, 2.45) is 0 Å². The maximum atomic E-state index is 10.9. The number of carbonyl (C=O) groups excluding carboxylic acids is 1. The molecule has 1 amide bonds. The molecule has 0 bridgehead atoms. The zero-order chi connectivity index (χ0) is 15.8. The van der Waals surface area contributed by atoms with Crippen molar-refractivity contribution in [3.05, 3.63) is 70.7 Å². The molecule has 0 radical (unpaired) electrons. The second kappa shape index (κ2) is 8.53. The van der Waals surface area contributed by atoms with E-state index in [2.05, 4.69) is 52.2 Å². The van der Waals surface area contributed by atoms with Gasteiger partial charge in [0, 0.05) is 17.0 Å². The third-order valence-corrected chi connectivity index (χ3v) is 4.96. The van der Waals surface area contributed by atoms with E-state index in [4.69, 9.17) is 11.6 Å². The summed E-state index contributed by atoms with van der Waals surface area (Å²) in [7, 11) is 0. The fourth-order valence-electron chi connectivity index (χ4n) is 2.86. The SMILES string of the molecule is O=CNCC(CCCI)(c1ccccc1)c1ccc(Cl)cc1. The van der Waals surface area contributed by atoms with Crippen LogP contribution in [-0.2, 0) is 10.2 Å². The first-order valence-corrected chi connectivity index (χ1v) is 9.18. The smallest absolute Gasteiger partial charge is 0.207 e. The van der Waals surface area contributed by atoms with E-state index >= 15 is 0 Å². The van der Waals surface area contributed by atoms with Gasteiger partial charge in [0.05, 0.1) is 0 Å². The van der Waals surface area contributed by atoms with Gasteiger partial charge in [-0.1, -0.05) is 76.7 Å². The normalized spacial score (nSPS) is 13.4. The molecule has 0 aliphatic rings. The Balaban J connectivity index is 2.52. The molecule has 0 aliphatic heterocycles. The molecule has 0 spiro atoms. The van der Waals surface area contributed by atoms with Crippen LogP contribution in [-0.4, -0.2) is 17.4 Å². The summed E-state index contributed by atoms with van der Waals surface area (Å²) < 4.78 is 1.08. The fourth-order valence-corrected chi connectivity index (χ4v) is 3.37. The van der Waals surface area contributed by atoms with Crippen LogP contribution < -0.4 is 5.32 Å². The van der Waals surface area contributed by atoms with E-state index in [1.54, 1.807) is 0 Å². The molecule has 1 unspecified atom stereocenters. The van der Waals surface area contributed by atoms with E-state index in [9.17, 15) is 4.79 Å². The van der Waals surface area contributed by atoms with Crippen LogP contribution in [0.5, 0.6) is 0 Å². The van der Waals surface area contributed by atoms with Gasteiger partial charge in [-0.3, -0.25) is 4.79 Å². The first-order chi connectivity index (χ1) is 10.7. The second-order valence-corrected chi connectivity index (χ2v) is 6.76. The molecular formula is C18H19ClINO. The highest BCUT2D eigenvalue weighted by Crippen LogP contribution is 2.37. The van der Waals surface area contributed by atoms with Crippen molar-refractivity contribution in [3.63, 3.8) is 0 Å². The summed E-state index contributed by atoms with van der Waals surface area (Å²) in [5.41, 5.74) is 2.18. The van der Waals surface area contributed by atoms with E-state index in [1.165, 1.54) is 11.1 Å². The lowest BCUT2D eigenvalue weighted by molar-refractivity contribution is -0.109. The molecule has 0 heterocycles. The Hall–Kier alpha value is -1.07. The third-order valence-electron chi connectivity index (χ3n) is 3.95. The van der Waals surface area contributed by atoms with Crippen molar-refractivity contribution in [1.29, 1.82) is 0 Å². The number of hydrogen-bond donors (Lipinski definition) is 1. The highest BCUT2D eigenvalue weighted by atomic mass is 127. The lowest BCUT2D eigenvalue weighted by atomic mass is 9.71. The van der Waals surface area contributed by atoms with Gasteiger partial charge in [0.25, 0.3) is 0 Å². The van der Waals surface area contributed by atoms with Crippen LogP contribution in [0.1, 0.15) is 24.0 Å². The predicted octanol–water partition coefficient (Wildman–Crippen LogP) is 4.59. The van der Waals surface area contributed by atoms with Gasteiger partial charge in [-0.15, -0.1) is 0 Å². The summed E-state index contributed by atoms with van der Waals surface area (Å²) in [6.45, 7) is 0.582. The number of hydrogen-bond acceptors (Lipinski definition) is 1. The van der Waals surface area contributed by atoms with E-state index in [1.807, 2.05) is 30.3 Å². The topological polar surface area (TPSA) is 29.1 Å². The molecule has 0 saturated heterocycles. The van der Waals surface area contributed by atoms with E-state index in [-0.39, 0.29) is 5.41 Å². The lowest BCUT2D eigenvalue weighted by Gasteiger charge is -2.35. The monoisotopic (exact) mass is 427 g/mol. The lowest BCUT2D eigenvalue weighted by Crippen LogP contribution is -2.39. The summed E-state index contributed by atoms with van der Waals surface area (Å²) in [5.74, 6) is 0. The zero-order valence-electron chi connectivity index (χ0n) is 12.3.